The van der Waals surface area contributed by atoms with Crippen molar-refractivity contribution < 1.29 is 28.2 Å². The second-order valence-corrected chi connectivity index (χ2v) is 7.85. The Kier molecular flexibility index (Phi) is 6.42. The van der Waals surface area contributed by atoms with Gasteiger partial charge in [-0.25, -0.2) is 18.8 Å². The van der Waals surface area contributed by atoms with Gasteiger partial charge in [0, 0.05) is 12.3 Å². The number of carbonyl (C=O) groups is 2. The van der Waals surface area contributed by atoms with Gasteiger partial charge in [-0.15, -0.1) is 0 Å². The van der Waals surface area contributed by atoms with E-state index in [9.17, 15) is 19.2 Å². The Balaban J connectivity index is 1.62. The molecule has 2 aromatic carbocycles. The number of hydrogen-bond donors (Lipinski definition) is 1. The van der Waals surface area contributed by atoms with Crippen LogP contribution < -0.4 is 11.2 Å². The van der Waals surface area contributed by atoms with Crippen molar-refractivity contribution in [2.24, 2.45) is 0 Å². The molecule has 0 amide bonds. The van der Waals surface area contributed by atoms with Gasteiger partial charge < -0.3 is 14.2 Å². The van der Waals surface area contributed by atoms with Crippen LogP contribution in [0.1, 0.15) is 33.9 Å². The fraction of sp³-hybridized carbons (Fsp3) is 0.250. The van der Waals surface area contributed by atoms with Crippen molar-refractivity contribution in [3.8, 4) is 0 Å². The summed E-state index contributed by atoms with van der Waals surface area (Å²) in [7, 11) is 0. The maximum Gasteiger partial charge on any atom is 0.338 e. The van der Waals surface area contributed by atoms with Crippen molar-refractivity contribution in [2.45, 2.75) is 31.0 Å². The molecule has 1 fully saturated rings. The number of hydrogen-bond acceptors (Lipinski definition) is 7. The van der Waals surface area contributed by atoms with E-state index in [1.54, 1.807) is 48.5 Å². The van der Waals surface area contributed by atoms with Gasteiger partial charge in [0.15, 0.2) is 18.0 Å². The Morgan fingerprint density at radius 2 is 1.59 bits per heavy atom. The minimum Gasteiger partial charge on any atom is -0.459 e. The SMILES string of the molecule is C[C@@]1(F)[C@@H](n2ccc(=O)[nH]c2=O)O[C@@H](COC(=O)c2ccccc2)[C@@H]1OC(=O)c1ccccc1. The molecule has 1 saturated heterocycles. The minimum atomic E-state index is -2.42. The molecule has 0 spiro atoms. The molecule has 4 atom stereocenters. The van der Waals surface area contributed by atoms with Gasteiger partial charge >= 0.3 is 17.6 Å². The Labute approximate surface area is 192 Å². The van der Waals surface area contributed by atoms with Crippen LogP contribution in [0.2, 0.25) is 0 Å². The number of nitrogens with one attached hydrogen (secondary N) is 1. The van der Waals surface area contributed by atoms with E-state index in [1.807, 2.05) is 4.98 Å². The molecule has 3 aromatic rings. The third-order valence-electron chi connectivity index (χ3n) is 5.42. The number of rotatable bonds is 6. The second kappa shape index (κ2) is 9.44. The van der Waals surface area contributed by atoms with Crippen molar-refractivity contribution in [1.29, 1.82) is 0 Å². The van der Waals surface area contributed by atoms with Gasteiger partial charge in [-0.05, 0) is 31.2 Å². The first-order valence-electron chi connectivity index (χ1n) is 10.4. The lowest BCUT2D eigenvalue weighted by molar-refractivity contribution is -0.0649. The van der Waals surface area contributed by atoms with E-state index in [-0.39, 0.29) is 11.1 Å². The van der Waals surface area contributed by atoms with Crippen molar-refractivity contribution in [2.75, 3.05) is 6.61 Å². The quantitative estimate of drug-likeness (QED) is 0.552. The van der Waals surface area contributed by atoms with E-state index in [0.717, 1.165) is 23.8 Å². The van der Waals surface area contributed by atoms with Crippen LogP contribution in [0.15, 0.2) is 82.5 Å². The van der Waals surface area contributed by atoms with Crippen LogP contribution >= 0.6 is 0 Å². The van der Waals surface area contributed by atoms with Gasteiger partial charge in [-0.3, -0.25) is 14.3 Å². The largest absolute Gasteiger partial charge is 0.459 e. The average Bonchev–Trinajstić information content (AvgIpc) is 3.08. The van der Waals surface area contributed by atoms with Gasteiger partial charge in [-0.2, -0.15) is 0 Å². The first kappa shape index (κ1) is 23.1. The molecular formula is C24H21FN2O7. The molecule has 0 bridgehead atoms. The zero-order chi connectivity index (χ0) is 24.3. The Bertz CT molecular complexity index is 1290. The van der Waals surface area contributed by atoms with Crippen LogP contribution in [0.4, 0.5) is 4.39 Å². The third-order valence-corrected chi connectivity index (χ3v) is 5.42. The van der Waals surface area contributed by atoms with Crippen LogP contribution in [0.25, 0.3) is 0 Å². The molecule has 1 aliphatic heterocycles. The summed E-state index contributed by atoms with van der Waals surface area (Å²) in [4.78, 5) is 50.8. The molecule has 10 heteroatoms. The molecule has 34 heavy (non-hydrogen) atoms. The minimum absolute atomic E-state index is 0.183. The molecule has 1 N–H and O–H groups in total. The molecule has 9 nitrogen and oxygen atoms in total. The summed E-state index contributed by atoms with van der Waals surface area (Å²) < 4.78 is 33.4. The van der Waals surface area contributed by atoms with Crippen molar-refractivity contribution >= 4 is 11.9 Å². The predicted molar refractivity (Wildman–Crippen MR) is 117 cm³/mol. The number of esters is 2. The number of ether oxygens (including phenoxy) is 3. The van der Waals surface area contributed by atoms with Gasteiger partial charge in [0.1, 0.15) is 12.7 Å². The van der Waals surface area contributed by atoms with Gasteiger partial charge in [0.25, 0.3) is 5.56 Å². The van der Waals surface area contributed by atoms with E-state index < -0.39 is 53.9 Å². The number of alkyl halides is 1. The number of aromatic nitrogens is 2. The van der Waals surface area contributed by atoms with E-state index in [0.29, 0.717) is 0 Å². The number of aromatic amines is 1. The van der Waals surface area contributed by atoms with Crippen LogP contribution in [0.5, 0.6) is 0 Å². The number of H-pyrrole nitrogens is 1. The van der Waals surface area contributed by atoms with Gasteiger partial charge in [0.05, 0.1) is 11.1 Å². The van der Waals surface area contributed by atoms with E-state index in [1.165, 1.54) is 12.1 Å². The van der Waals surface area contributed by atoms with Crippen LogP contribution in [-0.2, 0) is 14.2 Å². The zero-order valence-corrected chi connectivity index (χ0v) is 18.1. The number of nitrogens with zero attached hydrogens (tertiary/aromatic N) is 1. The lowest BCUT2D eigenvalue weighted by Crippen LogP contribution is -2.46. The van der Waals surface area contributed by atoms with Crippen LogP contribution in [0.3, 0.4) is 0 Å². The van der Waals surface area contributed by atoms with Crippen LogP contribution in [-0.4, -0.2) is 46.0 Å². The molecule has 2 heterocycles. The number of halogens is 1. The number of carbonyl (C=O) groups excluding carboxylic acids is 2. The highest BCUT2D eigenvalue weighted by molar-refractivity contribution is 5.90. The number of benzene rings is 2. The topological polar surface area (TPSA) is 117 Å². The van der Waals surface area contributed by atoms with E-state index >= 15 is 4.39 Å². The molecule has 176 valence electrons. The summed E-state index contributed by atoms with van der Waals surface area (Å²) in [5, 5.41) is 0. The zero-order valence-electron chi connectivity index (χ0n) is 18.1. The Hall–Kier alpha value is -4.05. The maximum atomic E-state index is 16.1. The Morgan fingerprint density at radius 3 is 2.18 bits per heavy atom. The van der Waals surface area contributed by atoms with E-state index in [4.69, 9.17) is 14.2 Å². The third kappa shape index (κ3) is 4.67. The lowest BCUT2D eigenvalue weighted by Gasteiger charge is -2.27. The fourth-order valence-corrected chi connectivity index (χ4v) is 3.71. The maximum absolute atomic E-state index is 16.1. The monoisotopic (exact) mass is 468 g/mol. The lowest BCUT2D eigenvalue weighted by atomic mass is 9.98. The highest BCUT2D eigenvalue weighted by Gasteiger charge is 2.58. The summed E-state index contributed by atoms with van der Waals surface area (Å²) in [6, 6.07) is 17.1. The molecule has 0 saturated carbocycles. The highest BCUT2D eigenvalue weighted by atomic mass is 19.1. The van der Waals surface area contributed by atoms with Crippen LogP contribution in [0, 0.1) is 0 Å². The summed E-state index contributed by atoms with van der Waals surface area (Å²) >= 11 is 0. The van der Waals surface area contributed by atoms with Gasteiger partial charge in [-0.1, -0.05) is 36.4 Å². The van der Waals surface area contributed by atoms with E-state index in [2.05, 4.69) is 0 Å². The first-order chi connectivity index (χ1) is 16.3. The average molecular weight is 468 g/mol. The first-order valence-corrected chi connectivity index (χ1v) is 10.4. The standard InChI is InChI=1S/C24H21FN2O7/c1-24(25)19(34-21(30)16-10-6-3-7-11-16)17(14-32-20(29)15-8-4-2-5-9-15)33-22(24)27-13-12-18(28)26-23(27)31/h2-13,17,19,22H,14H2,1H3,(H,26,28,31)/t17-,19-,22-,24-/m0/s1. The second-order valence-electron chi connectivity index (χ2n) is 7.85. The van der Waals surface area contributed by atoms with Crippen molar-refractivity contribution in [3.05, 3.63) is 105 Å². The predicted octanol–water partition coefficient (Wildman–Crippen LogP) is 2.24. The molecule has 0 aliphatic carbocycles. The molecule has 1 aromatic heterocycles. The van der Waals surface area contributed by atoms with Crippen molar-refractivity contribution in [3.63, 3.8) is 0 Å². The van der Waals surface area contributed by atoms with Crippen molar-refractivity contribution in [1.82, 2.24) is 9.55 Å². The molecule has 1 aliphatic rings. The summed E-state index contributed by atoms with van der Waals surface area (Å²) in [5.41, 5.74) is -3.54. The smallest absolute Gasteiger partial charge is 0.338 e. The summed E-state index contributed by atoms with van der Waals surface area (Å²) in [6.45, 7) is 0.658. The summed E-state index contributed by atoms with van der Waals surface area (Å²) in [5.74, 6) is -1.49. The van der Waals surface area contributed by atoms with Gasteiger partial charge in [0.2, 0.25) is 0 Å². The molecule has 0 radical (unpaired) electrons. The summed E-state index contributed by atoms with van der Waals surface area (Å²) in [6.07, 6.45) is -3.25. The fourth-order valence-electron chi connectivity index (χ4n) is 3.71. The highest BCUT2D eigenvalue weighted by Crippen LogP contribution is 2.42. The molecule has 0 unspecified atom stereocenters. The molecular weight excluding hydrogens is 447 g/mol. The Morgan fingerprint density at radius 1 is 1.00 bits per heavy atom. The molecule has 4 rings (SSSR count). The normalized spacial score (nSPS) is 23.9.